The Labute approximate surface area is 114 Å². The number of hydrogen-bond donors (Lipinski definition) is 0. The van der Waals surface area contributed by atoms with Gasteiger partial charge in [0.05, 0.1) is 19.3 Å². The van der Waals surface area contributed by atoms with Crippen LogP contribution in [0.1, 0.15) is 18.9 Å². The Kier molecular flexibility index (Phi) is 3.26. The van der Waals surface area contributed by atoms with Crippen LogP contribution in [-0.4, -0.2) is 30.1 Å². The van der Waals surface area contributed by atoms with Crippen molar-refractivity contribution in [3.05, 3.63) is 22.8 Å². The van der Waals surface area contributed by atoms with E-state index in [9.17, 15) is 0 Å². The lowest BCUT2D eigenvalue weighted by molar-refractivity contribution is 0.0674. The first-order chi connectivity index (χ1) is 8.81. The SMILES string of the molecule is COc1ccc(Br)c2cnn(C3CCOCC3)c12. The van der Waals surface area contributed by atoms with E-state index in [0.29, 0.717) is 6.04 Å². The molecule has 0 radical (unpaired) electrons. The van der Waals surface area contributed by atoms with Gasteiger partial charge in [0.2, 0.25) is 0 Å². The average molecular weight is 311 g/mol. The molecule has 0 amide bonds. The summed E-state index contributed by atoms with van der Waals surface area (Å²) in [5.74, 6) is 0.872. The highest BCUT2D eigenvalue weighted by molar-refractivity contribution is 9.10. The van der Waals surface area contributed by atoms with Gasteiger partial charge >= 0.3 is 0 Å². The summed E-state index contributed by atoms with van der Waals surface area (Å²) in [6.45, 7) is 1.62. The van der Waals surface area contributed by atoms with Crippen molar-refractivity contribution in [1.82, 2.24) is 9.78 Å². The van der Waals surface area contributed by atoms with E-state index in [4.69, 9.17) is 9.47 Å². The van der Waals surface area contributed by atoms with Gasteiger partial charge in [-0.2, -0.15) is 5.10 Å². The molecular weight excluding hydrogens is 296 g/mol. The van der Waals surface area contributed by atoms with E-state index in [1.807, 2.05) is 18.3 Å². The molecule has 1 aliphatic heterocycles. The Bertz CT molecular complexity index is 561. The molecule has 0 saturated carbocycles. The second kappa shape index (κ2) is 4.90. The van der Waals surface area contributed by atoms with Gasteiger partial charge in [0.1, 0.15) is 11.3 Å². The summed E-state index contributed by atoms with van der Waals surface area (Å²) in [7, 11) is 1.70. The number of halogens is 1. The van der Waals surface area contributed by atoms with Crippen LogP contribution < -0.4 is 4.74 Å². The van der Waals surface area contributed by atoms with E-state index in [-0.39, 0.29) is 0 Å². The van der Waals surface area contributed by atoms with Gasteiger partial charge in [-0.15, -0.1) is 0 Å². The maximum absolute atomic E-state index is 5.46. The Balaban J connectivity index is 2.14. The lowest BCUT2D eigenvalue weighted by Gasteiger charge is -2.23. The average Bonchev–Trinajstić information content (AvgIpc) is 2.86. The number of nitrogens with zero attached hydrogens (tertiary/aromatic N) is 2. The maximum Gasteiger partial charge on any atom is 0.144 e. The molecule has 2 aromatic rings. The molecule has 0 atom stereocenters. The molecule has 5 heteroatoms. The van der Waals surface area contributed by atoms with Crippen molar-refractivity contribution < 1.29 is 9.47 Å². The largest absolute Gasteiger partial charge is 0.494 e. The Morgan fingerprint density at radius 3 is 2.89 bits per heavy atom. The van der Waals surface area contributed by atoms with Crippen LogP contribution in [0.25, 0.3) is 10.9 Å². The van der Waals surface area contributed by atoms with Gasteiger partial charge in [-0.25, -0.2) is 0 Å². The zero-order chi connectivity index (χ0) is 12.5. The van der Waals surface area contributed by atoms with Crippen LogP contribution in [0.2, 0.25) is 0 Å². The first kappa shape index (κ1) is 12.0. The molecule has 0 spiro atoms. The van der Waals surface area contributed by atoms with Crippen molar-refractivity contribution in [2.75, 3.05) is 20.3 Å². The van der Waals surface area contributed by atoms with Crippen LogP contribution in [-0.2, 0) is 4.74 Å². The summed E-state index contributed by atoms with van der Waals surface area (Å²) in [5, 5.41) is 5.64. The molecule has 0 aliphatic carbocycles. The van der Waals surface area contributed by atoms with Crippen molar-refractivity contribution in [3.8, 4) is 5.75 Å². The van der Waals surface area contributed by atoms with Crippen molar-refractivity contribution >= 4 is 26.8 Å². The number of fused-ring (bicyclic) bond motifs is 1. The van der Waals surface area contributed by atoms with E-state index in [2.05, 4.69) is 25.7 Å². The molecule has 96 valence electrons. The molecule has 1 saturated heterocycles. The van der Waals surface area contributed by atoms with Gasteiger partial charge in [0.25, 0.3) is 0 Å². The molecule has 0 bridgehead atoms. The second-order valence-electron chi connectivity index (χ2n) is 4.44. The van der Waals surface area contributed by atoms with E-state index in [0.717, 1.165) is 47.2 Å². The van der Waals surface area contributed by atoms with Crippen molar-refractivity contribution in [2.45, 2.75) is 18.9 Å². The van der Waals surface area contributed by atoms with Crippen LogP contribution in [0, 0.1) is 0 Å². The maximum atomic E-state index is 5.46. The number of hydrogen-bond acceptors (Lipinski definition) is 3. The monoisotopic (exact) mass is 310 g/mol. The molecule has 3 rings (SSSR count). The summed E-state index contributed by atoms with van der Waals surface area (Å²) in [5.41, 5.74) is 1.07. The molecule has 0 N–H and O–H groups in total. The topological polar surface area (TPSA) is 36.3 Å². The van der Waals surface area contributed by atoms with Crippen molar-refractivity contribution in [2.24, 2.45) is 0 Å². The summed E-state index contributed by atoms with van der Waals surface area (Å²) in [4.78, 5) is 0. The lowest BCUT2D eigenvalue weighted by atomic mass is 10.1. The van der Waals surface area contributed by atoms with Gasteiger partial charge < -0.3 is 9.47 Å². The fraction of sp³-hybridized carbons (Fsp3) is 0.462. The summed E-state index contributed by atoms with van der Waals surface area (Å²) in [6.07, 6.45) is 3.91. The van der Waals surface area contributed by atoms with Crippen LogP contribution >= 0.6 is 15.9 Å². The standard InChI is InChI=1S/C13H15BrN2O2/c1-17-12-3-2-11(14)10-8-15-16(13(10)12)9-4-6-18-7-5-9/h2-3,8-9H,4-7H2,1H3. The van der Waals surface area contributed by atoms with E-state index >= 15 is 0 Å². The fourth-order valence-electron chi connectivity index (χ4n) is 2.47. The molecule has 0 unspecified atom stereocenters. The molecule has 1 aliphatic rings. The molecule has 1 aromatic carbocycles. The minimum atomic E-state index is 0.402. The van der Waals surface area contributed by atoms with Gasteiger partial charge in [0.15, 0.2) is 0 Å². The highest BCUT2D eigenvalue weighted by Crippen LogP contribution is 2.34. The Morgan fingerprint density at radius 2 is 2.17 bits per heavy atom. The molecule has 2 heterocycles. The normalized spacial score (nSPS) is 17.2. The summed E-state index contributed by atoms with van der Waals surface area (Å²) in [6, 6.07) is 4.38. The smallest absolute Gasteiger partial charge is 0.144 e. The molecule has 1 fully saturated rings. The second-order valence-corrected chi connectivity index (χ2v) is 5.30. The molecule has 1 aromatic heterocycles. The molecular formula is C13H15BrN2O2. The summed E-state index contributed by atoms with van der Waals surface area (Å²) >= 11 is 3.56. The first-order valence-electron chi connectivity index (χ1n) is 6.08. The highest BCUT2D eigenvalue weighted by Gasteiger charge is 2.21. The fourth-order valence-corrected chi connectivity index (χ4v) is 2.89. The van der Waals surface area contributed by atoms with E-state index in [1.165, 1.54) is 0 Å². The Hall–Kier alpha value is -1.07. The van der Waals surface area contributed by atoms with Crippen LogP contribution in [0.3, 0.4) is 0 Å². The van der Waals surface area contributed by atoms with Crippen molar-refractivity contribution in [3.63, 3.8) is 0 Å². The minimum absolute atomic E-state index is 0.402. The quantitative estimate of drug-likeness (QED) is 0.855. The number of aromatic nitrogens is 2. The van der Waals surface area contributed by atoms with Gasteiger partial charge in [-0.05, 0) is 25.0 Å². The van der Waals surface area contributed by atoms with Gasteiger partial charge in [-0.3, -0.25) is 4.68 Å². The highest BCUT2D eigenvalue weighted by atomic mass is 79.9. The predicted molar refractivity (Wildman–Crippen MR) is 73.1 cm³/mol. The van der Waals surface area contributed by atoms with E-state index in [1.54, 1.807) is 7.11 Å². The van der Waals surface area contributed by atoms with Gasteiger partial charge in [0, 0.05) is 23.1 Å². The third kappa shape index (κ3) is 1.91. The van der Waals surface area contributed by atoms with Gasteiger partial charge in [-0.1, -0.05) is 15.9 Å². The zero-order valence-electron chi connectivity index (χ0n) is 10.2. The molecule has 4 nitrogen and oxygen atoms in total. The number of rotatable bonds is 2. The number of benzene rings is 1. The predicted octanol–water partition coefficient (Wildman–Crippen LogP) is 3.16. The lowest BCUT2D eigenvalue weighted by Crippen LogP contribution is -2.20. The first-order valence-corrected chi connectivity index (χ1v) is 6.88. The van der Waals surface area contributed by atoms with Crippen LogP contribution in [0.4, 0.5) is 0 Å². The zero-order valence-corrected chi connectivity index (χ0v) is 11.8. The number of methoxy groups -OCH3 is 1. The van der Waals surface area contributed by atoms with Crippen LogP contribution in [0.5, 0.6) is 5.75 Å². The summed E-state index contributed by atoms with van der Waals surface area (Å²) < 4.78 is 14.0. The van der Waals surface area contributed by atoms with Crippen molar-refractivity contribution in [1.29, 1.82) is 0 Å². The third-order valence-corrected chi connectivity index (χ3v) is 4.12. The van der Waals surface area contributed by atoms with Crippen LogP contribution in [0.15, 0.2) is 22.8 Å². The third-order valence-electron chi connectivity index (χ3n) is 3.42. The molecule has 18 heavy (non-hydrogen) atoms. The Morgan fingerprint density at radius 1 is 1.39 bits per heavy atom. The van der Waals surface area contributed by atoms with E-state index < -0.39 is 0 Å². The number of ether oxygens (including phenoxy) is 2. The minimum Gasteiger partial charge on any atom is -0.494 e.